The molecule has 0 saturated carbocycles. The van der Waals surface area contributed by atoms with Crippen LogP contribution in [-0.2, 0) is 0 Å². The number of carbonyl (C=O) groups is 1. The maximum absolute atomic E-state index is 12.3. The summed E-state index contributed by atoms with van der Waals surface area (Å²) >= 11 is 4.71. The van der Waals surface area contributed by atoms with E-state index in [2.05, 4.69) is 20.6 Å². The van der Waals surface area contributed by atoms with Crippen LogP contribution in [0.4, 0.5) is 15.6 Å². The third-order valence-corrected chi connectivity index (χ3v) is 7.13. The van der Waals surface area contributed by atoms with Gasteiger partial charge in [-0.15, -0.1) is 11.3 Å². The first-order valence-corrected chi connectivity index (χ1v) is 10.8. The summed E-state index contributed by atoms with van der Waals surface area (Å²) in [4.78, 5) is 21.4. The van der Waals surface area contributed by atoms with Crippen molar-refractivity contribution < 1.29 is 14.3 Å². The van der Waals surface area contributed by atoms with Gasteiger partial charge in [-0.05, 0) is 30.5 Å². The summed E-state index contributed by atoms with van der Waals surface area (Å²) in [6.45, 7) is 0.195. The molecule has 7 nitrogen and oxygen atoms in total. The summed E-state index contributed by atoms with van der Waals surface area (Å²) in [6.07, 6.45) is 2.01. The highest BCUT2D eigenvalue weighted by atomic mass is 32.2. The van der Waals surface area contributed by atoms with Crippen LogP contribution in [0.1, 0.15) is 0 Å². The number of thioether (sulfide) groups is 1. The Morgan fingerprint density at radius 2 is 1.81 bits per heavy atom. The molecule has 0 fully saturated rings. The first kappa shape index (κ1) is 16.6. The van der Waals surface area contributed by atoms with E-state index in [4.69, 9.17) is 9.47 Å². The average molecular weight is 417 g/mol. The van der Waals surface area contributed by atoms with E-state index in [1.54, 1.807) is 41.3 Å². The minimum Gasteiger partial charge on any atom is -0.454 e. The second-order valence-electron chi connectivity index (χ2n) is 5.61. The molecular weight excluding hydrogens is 404 g/mol. The molecule has 2 amide bonds. The van der Waals surface area contributed by atoms with Crippen LogP contribution in [0.3, 0.4) is 0 Å². The van der Waals surface area contributed by atoms with E-state index in [9.17, 15) is 4.79 Å². The topological polar surface area (TPSA) is 85.4 Å². The van der Waals surface area contributed by atoms with Crippen molar-refractivity contribution in [2.45, 2.75) is 4.34 Å². The molecule has 0 bridgehead atoms. The van der Waals surface area contributed by atoms with Crippen LogP contribution in [0.15, 0.2) is 34.7 Å². The smallest absolute Gasteiger partial charge is 0.325 e. The second-order valence-corrected chi connectivity index (χ2v) is 8.66. The normalized spacial score (nSPS) is 12.6. The highest BCUT2D eigenvalue weighted by Crippen LogP contribution is 2.38. The molecular formula is C17H12N4O3S3. The van der Waals surface area contributed by atoms with Crippen molar-refractivity contribution in [2.75, 3.05) is 23.7 Å². The van der Waals surface area contributed by atoms with Gasteiger partial charge in [-0.3, -0.25) is 5.32 Å². The van der Waals surface area contributed by atoms with Crippen LogP contribution in [0.5, 0.6) is 11.5 Å². The lowest BCUT2D eigenvalue weighted by molar-refractivity contribution is 0.174. The standard InChI is InChI=1S/C17H12N4O3S3/c1-25-17-20-10-4-3-9-13(14(10)27-17)26-16(19-9)21-15(22)18-8-2-5-11-12(6-8)24-7-23-11/h2-6H,7H2,1H3,(H2,18,19,21,22). The number of hydrogen-bond donors (Lipinski definition) is 2. The highest BCUT2D eigenvalue weighted by Gasteiger charge is 2.16. The van der Waals surface area contributed by atoms with Crippen LogP contribution >= 0.6 is 34.4 Å². The Morgan fingerprint density at radius 1 is 1.04 bits per heavy atom. The molecule has 1 aliphatic rings. The van der Waals surface area contributed by atoms with Gasteiger partial charge in [0.2, 0.25) is 6.79 Å². The van der Waals surface area contributed by atoms with E-state index in [1.165, 1.54) is 11.3 Å². The number of fused-ring (bicyclic) bond motifs is 4. The maximum Gasteiger partial charge on any atom is 0.325 e. The molecule has 0 unspecified atom stereocenters. The quantitative estimate of drug-likeness (QED) is 0.457. The molecule has 27 heavy (non-hydrogen) atoms. The summed E-state index contributed by atoms with van der Waals surface area (Å²) in [5.41, 5.74) is 2.42. The van der Waals surface area contributed by atoms with Crippen molar-refractivity contribution in [1.29, 1.82) is 0 Å². The number of rotatable bonds is 3. The number of carbonyl (C=O) groups excluding carboxylic acids is 1. The van der Waals surface area contributed by atoms with Crippen molar-refractivity contribution in [3.63, 3.8) is 0 Å². The zero-order valence-electron chi connectivity index (χ0n) is 13.9. The van der Waals surface area contributed by atoms with Crippen molar-refractivity contribution in [3.8, 4) is 11.5 Å². The number of ether oxygens (including phenoxy) is 2. The zero-order valence-corrected chi connectivity index (χ0v) is 16.4. The molecule has 0 saturated heterocycles. The average Bonchev–Trinajstić information content (AvgIpc) is 3.37. The predicted octanol–water partition coefficient (Wildman–Crippen LogP) is 5.00. The SMILES string of the molecule is CSc1nc2ccc3nc(NC(=O)Nc4ccc5c(c4)OCO5)sc3c2s1. The molecule has 1 aliphatic heterocycles. The number of benzene rings is 2. The zero-order chi connectivity index (χ0) is 18.4. The van der Waals surface area contributed by atoms with Gasteiger partial charge in [0.05, 0.1) is 20.4 Å². The van der Waals surface area contributed by atoms with Gasteiger partial charge in [-0.2, -0.15) is 0 Å². The van der Waals surface area contributed by atoms with E-state index < -0.39 is 0 Å². The van der Waals surface area contributed by atoms with Gasteiger partial charge in [-0.25, -0.2) is 14.8 Å². The lowest BCUT2D eigenvalue weighted by atomic mass is 10.3. The molecule has 0 spiro atoms. The van der Waals surface area contributed by atoms with Crippen LogP contribution < -0.4 is 20.1 Å². The van der Waals surface area contributed by atoms with E-state index in [1.807, 2.05) is 18.4 Å². The number of hydrogen-bond acceptors (Lipinski definition) is 8. The minimum absolute atomic E-state index is 0.195. The number of urea groups is 1. The van der Waals surface area contributed by atoms with Crippen molar-refractivity contribution in [3.05, 3.63) is 30.3 Å². The van der Waals surface area contributed by atoms with Gasteiger partial charge in [0.25, 0.3) is 0 Å². The number of amides is 2. The van der Waals surface area contributed by atoms with Crippen molar-refractivity contribution in [1.82, 2.24) is 9.97 Å². The molecule has 2 aromatic heterocycles. The Kier molecular flexibility index (Phi) is 4.03. The molecule has 4 aromatic rings. The van der Waals surface area contributed by atoms with Gasteiger partial charge in [0.1, 0.15) is 0 Å². The molecule has 0 aliphatic carbocycles. The number of nitrogens with zero attached hydrogens (tertiary/aromatic N) is 2. The fraction of sp³-hybridized carbons (Fsp3) is 0.118. The Balaban J connectivity index is 1.38. The summed E-state index contributed by atoms with van der Waals surface area (Å²) in [7, 11) is 0. The molecule has 0 atom stereocenters. The highest BCUT2D eigenvalue weighted by molar-refractivity contribution is 8.00. The molecule has 2 aromatic carbocycles. The fourth-order valence-corrected chi connectivity index (χ4v) is 5.38. The number of thiazole rings is 2. The molecule has 5 rings (SSSR count). The third kappa shape index (κ3) is 3.05. The molecule has 3 heterocycles. The summed E-state index contributed by atoms with van der Waals surface area (Å²) < 4.78 is 13.7. The molecule has 0 radical (unpaired) electrons. The van der Waals surface area contributed by atoms with Gasteiger partial charge >= 0.3 is 6.03 Å². The fourth-order valence-electron chi connectivity index (χ4n) is 2.73. The van der Waals surface area contributed by atoms with Gasteiger partial charge in [0.15, 0.2) is 21.0 Å². The maximum atomic E-state index is 12.3. The van der Waals surface area contributed by atoms with Gasteiger partial charge in [-0.1, -0.05) is 23.1 Å². The number of aromatic nitrogens is 2. The Morgan fingerprint density at radius 3 is 2.67 bits per heavy atom. The number of anilines is 2. The first-order chi connectivity index (χ1) is 13.2. The number of nitrogens with one attached hydrogen (secondary N) is 2. The Bertz CT molecular complexity index is 1190. The molecule has 136 valence electrons. The third-order valence-electron chi connectivity index (χ3n) is 3.92. The lowest BCUT2D eigenvalue weighted by Gasteiger charge is -2.06. The monoisotopic (exact) mass is 416 g/mol. The second kappa shape index (κ2) is 6.55. The van der Waals surface area contributed by atoms with Gasteiger partial charge in [0, 0.05) is 11.8 Å². The lowest BCUT2D eigenvalue weighted by Crippen LogP contribution is -2.19. The Hall–Kier alpha value is -2.56. The van der Waals surface area contributed by atoms with Crippen LogP contribution in [-0.4, -0.2) is 29.0 Å². The van der Waals surface area contributed by atoms with Gasteiger partial charge < -0.3 is 14.8 Å². The van der Waals surface area contributed by atoms with Crippen LogP contribution in [0, 0.1) is 0 Å². The summed E-state index contributed by atoms with van der Waals surface area (Å²) in [5.74, 6) is 1.29. The Labute approximate surface area is 165 Å². The molecule has 2 N–H and O–H groups in total. The minimum atomic E-state index is -0.363. The molecule has 10 heteroatoms. The van der Waals surface area contributed by atoms with Crippen LogP contribution in [0.25, 0.3) is 20.4 Å². The van der Waals surface area contributed by atoms with E-state index >= 15 is 0 Å². The largest absolute Gasteiger partial charge is 0.454 e. The summed E-state index contributed by atoms with van der Waals surface area (Å²) in [5, 5.41) is 6.12. The first-order valence-electron chi connectivity index (χ1n) is 7.91. The predicted molar refractivity (Wildman–Crippen MR) is 110 cm³/mol. The van der Waals surface area contributed by atoms with E-state index in [-0.39, 0.29) is 12.8 Å². The van der Waals surface area contributed by atoms with E-state index in [0.29, 0.717) is 22.3 Å². The van der Waals surface area contributed by atoms with Crippen molar-refractivity contribution >= 4 is 71.7 Å². The van der Waals surface area contributed by atoms with E-state index in [0.717, 1.165) is 24.8 Å². The van der Waals surface area contributed by atoms with Crippen LogP contribution in [0.2, 0.25) is 0 Å². The summed E-state index contributed by atoms with van der Waals surface area (Å²) in [6, 6.07) is 8.78. The van der Waals surface area contributed by atoms with Crippen molar-refractivity contribution in [2.24, 2.45) is 0 Å².